The van der Waals surface area contributed by atoms with Crippen molar-refractivity contribution >= 4 is 5.78 Å². The van der Waals surface area contributed by atoms with Crippen molar-refractivity contribution in [2.45, 2.75) is 46.0 Å². The van der Waals surface area contributed by atoms with Crippen molar-refractivity contribution in [3.8, 4) is 0 Å². The Morgan fingerprint density at radius 2 is 1.70 bits per heavy atom. The summed E-state index contributed by atoms with van der Waals surface area (Å²) >= 11 is 0. The molecule has 0 spiro atoms. The highest BCUT2D eigenvalue weighted by Gasteiger charge is 2.12. The predicted octanol–water partition coefficient (Wildman–Crippen LogP) is 3.84. The molecule has 0 unspecified atom stereocenters. The van der Waals surface area contributed by atoms with Crippen LogP contribution in [-0.4, -0.2) is 30.3 Å². The Bertz CT molecular complexity index is 398. The lowest BCUT2D eigenvalue weighted by atomic mass is 10.1. The van der Waals surface area contributed by atoms with E-state index in [9.17, 15) is 9.18 Å². The first-order chi connectivity index (χ1) is 9.67. The average molecular weight is 279 g/mol. The maximum atomic E-state index is 13.5. The van der Waals surface area contributed by atoms with Crippen LogP contribution in [0.4, 0.5) is 4.39 Å². The van der Waals surface area contributed by atoms with Crippen molar-refractivity contribution < 1.29 is 9.18 Å². The van der Waals surface area contributed by atoms with Crippen LogP contribution in [0.5, 0.6) is 0 Å². The summed E-state index contributed by atoms with van der Waals surface area (Å²) in [7, 11) is 0. The molecular formula is C17H26FNO. The summed E-state index contributed by atoms with van der Waals surface area (Å²) in [6.07, 6.45) is 4.67. The summed E-state index contributed by atoms with van der Waals surface area (Å²) < 4.78 is 13.5. The number of nitrogens with zero attached hydrogens (tertiary/aromatic N) is 1. The fourth-order valence-electron chi connectivity index (χ4n) is 2.19. The molecular weight excluding hydrogens is 253 g/mol. The lowest BCUT2D eigenvalue weighted by Crippen LogP contribution is -2.32. The summed E-state index contributed by atoms with van der Waals surface area (Å²) in [5, 5.41) is 0. The molecule has 0 amide bonds. The molecule has 0 fully saturated rings. The lowest BCUT2D eigenvalue weighted by molar-refractivity contribution is -0.119. The summed E-state index contributed by atoms with van der Waals surface area (Å²) in [6.45, 7) is 6.66. The van der Waals surface area contributed by atoms with Crippen molar-refractivity contribution in [2.75, 3.05) is 19.6 Å². The predicted molar refractivity (Wildman–Crippen MR) is 81.4 cm³/mol. The number of hydrogen-bond acceptors (Lipinski definition) is 2. The summed E-state index contributed by atoms with van der Waals surface area (Å²) in [6, 6.07) is 6.53. The minimum absolute atomic E-state index is 0.0994. The smallest absolute Gasteiger partial charge is 0.151 e. The van der Waals surface area contributed by atoms with Gasteiger partial charge in [-0.15, -0.1) is 0 Å². The van der Waals surface area contributed by atoms with E-state index < -0.39 is 0 Å². The highest BCUT2D eigenvalue weighted by atomic mass is 19.1. The summed E-state index contributed by atoms with van der Waals surface area (Å²) in [5.41, 5.74) is 0.503. The normalized spacial score (nSPS) is 11.0. The zero-order valence-electron chi connectivity index (χ0n) is 12.7. The van der Waals surface area contributed by atoms with Crippen LogP contribution >= 0.6 is 0 Å². The Kier molecular flexibility index (Phi) is 8.12. The molecule has 0 aromatic heterocycles. The largest absolute Gasteiger partial charge is 0.298 e. The van der Waals surface area contributed by atoms with Crippen LogP contribution in [0.25, 0.3) is 0 Å². The molecule has 3 heteroatoms. The van der Waals surface area contributed by atoms with Gasteiger partial charge in [-0.2, -0.15) is 0 Å². The van der Waals surface area contributed by atoms with Gasteiger partial charge in [-0.05, 0) is 37.6 Å². The third kappa shape index (κ3) is 6.29. The fraction of sp³-hybridized carbons (Fsp3) is 0.588. The molecule has 112 valence electrons. The van der Waals surface area contributed by atoms with Gasteiger partial charge in [-0.1, -0.05) is 44.9 Å². The second-order valence-corrected chi connectivity index (χ2v) is 5.29. The second kappa shape index (κ2) is 9.65. The van der Waals surface area contributed by atoms with Gasteiger partial charge in [0.15, 0.2) is 5.78 Å². The molecule has 0 atom stereocenters. The number of hydrogen-bond donors (Lipinski definition) is 0. The van der Waals surface area contributed by atoms with E-state index in [0.29, 0.717) is 12.1 Å². The minimum Gasteiger partial charge on any atom is -0.298 e. The molecule has 0 aliphatic carbocycles. The van der Waals surface area contributed by atoms with E-state index in [0.717, 1.165) is 38.8 Å². The molecule has 0 saturated carbocycles. The standard InChI is InChI=1S/C17H26FNO/c1-3-5-11-19(12-6-4-2)14-16(20)13-15-9-7-8-10-17(15)18/h7-10H,3-6,11-14H2,1-2H3. The van der Waals surface area contributed by atoms with Gasteiger partial charge in [-0.3, -0.25) is 9.69 Å². The van der Waals surface area contributed by atoms with E-state index in [1.807, 2.05) is 0 Å². The Labute approximate surface area is 122 Å². The van der Waals surface area contributed by atoms with Gasteiger partial charge < -0.3 is 0 Å². The molecule has 1 aromatic rings. The Balaban J connectivity index is 2.50. The van der Waals surface area contributed by atoms with Crippen LogP contribution in [0.2, 0.25) is 0 Å². The van der Waals surface area contributed by atoms with Crippen LogP contribution in [0.3, 0.4) is 0 Å². The maximum absolute atomic E-state index is 13.5. The number of unbranched alkanes of at least 4 members (excludes halogenated alkanes) is 2. The number of halogens is 1. The minimum atomic E-state index is -0.283. The molecule has 0 heterocycles. The summed E-state index contributed by atoms with van der Waals surface area (Å²) in [5.74, 6) is -0.183. The fourth-order valence-corrected chi connectivity index (χ4v) is 2.19. The molecule has 0 aliphatic rings. The van der Waals surface area contributed by atoms with Crippen molar-refractivity contribution in [1.29, 1.82) is 0 Å². The van der Waals surface area contributed by atoms with E-state index in [2.05, 4.69) is 18.7 Å². The monoisotopic (exact) mass is 279 g/mol. The Morgan fingerprint density at radius 1 is 1.10 bits per heavy atom. The van der Waals surface area contributed by atoms with Crippen LogP contribution in [0.15, 0.2) is 24.3 Å². The first kappa shape index (κ1) is 16.8. The zero-order valence-corrected chi connectivity index (χ0v) is 12.7. The van der Waals surface area contributed by atoms with Crippen LogP contribution in [0.1, 0.15) is 45.1 Å². The third-order valence-corrected chi connectivity index (χ3v) is 3.40. The van der Waals surface area contributed by atoms with Gasteiger partial charge >= 0.3 is 0 Å². The zero-order chi connectivity index (χ0) is 14.8. The van der Waals surface area contributed by atoms with E-state index in [1.54, 1.807) is 18.2 Å². The third-order valence-electron chi connectivity index (χ3n) is 3.40. The molecule has 1 rings (SSSR count). The van der Waals surface area contributed by atoms with Gasteiger partial charge in [0.1, 0.15) is 5.82 Å². The van der Waals surface area contributed by atoms with Gasteiger partial charge in [0.25, 0.3) is 0 Å². The Hall–Kier alpha value is -1.22. The van der Waals surface area contributed by atoms with Crippen molar-refractivity contribution in [2.24, 2.45) is 0 Å². The molecule has 0 saturated heterocycles. The molecule has 20 heavy (non-hydrogen) atoms. The van der Waals surface area contributed by atoms with Gasteiger partial charge in [0, 0.05) is 6.42 Å². The molecule has 0 N–H and O–H groups in total. The molecule has 0 bridgehead atoms. The Morgan fingerprint density at radius 3 is 2.25 bits per heavy atom. The van der Waals surface area contributed by atoms with E-state index in [4.69, 9.17) is 0 Å². The van der Waals surface area contributed by atoms with Crippen LogP contribution in [-0.2, 0) is 11.2 Å². The number of Topliss-reactive ketones (excluding diaryl/α,β-unsaturated/α-hetero) is 1. The summed E-state index contributed by atoms with van der Waals surface area (Å²) in [4.78, 5) is 14.3. The highest BCUT2D eigenvalue weighted by Crippen LogP contribution is 2.08. The number of carbonyl (C=O) groups excluding carboxylic acids is 1. The first-order valence-corrected chi connectivity index (χ1v) is 7.64. The number of carbonyl (C=O) groups is 1. The van der Waals surface area contributed by atoms with E-state index >= 15 is 0 Å². The van der Waals surface area contributed by atoms with Gasteiger partial charge in [-0.25, -0.2) is 4.39 Å². The molecule has 0 radical (unpaired) electrons. The first-order valence-electron chi connectivity index (χ1n) is 7.64. The number of benzene rings is 1. The molecule has 1 aromatic carbocycles. The quantitative estimate of drug-likeness (QED) is 0.648. The molecule has 2 nitrogen and oxygen atoms in total. The number of rotatable bonds is 10. The topological polar surface area (TPSA) is 20.3 Å². The lowest BCUT2D eigenvalue weighted by Gasteiger charge is -2.21. The van der Waals surface area contributed by atoms with E-state index in [1.165, 1.54) is 6.07 Å². The van der Waals surface area contributed by atoms with E-state index in [-0.39, 0.29) is 18.0 Å². The van der Waals surface area contributed by atoms with Gasteiger partial charge in [0.2, 0.25) is 0 Å². The van der Waals surface area contributed by atoms with Gasteiger partial charge in [0.05, 0.1) is 6.54 Å². The molecule has 0 aliphatic heterocycles. The second-order valence-electron chi connectivity index (χ2n) is 5.29. The van der Waals surface area contributed by atoms with Crippen molar-refractivity contribution in [1.82, 2.24) is 4.90 Å². The van der Waals surface area contributed by atoms with Crippen molar-refractivity contribution in [3.63, 3.8) is 0 Å². The van der Waals surface area contributed by atoms with Crippen LogP contribution in [0, 0.1) is 5.82 Å². The van der Waals surface area contributed by atoms with Crippen molar-refractivity contribution in [3.05, 3.63) is 35.6 Å². The average Bonchev–Trinajstić information content (AvgIpc) is 2.44. The highest BCUT2D eigenvalue weighted by molar-refractivity contribution is 5.82. The maximum Gasteiger partial charge on any atom is 0.151 e. The SMILES string of the molecule is CCCCN(CCCC)CC(=O)Cc1ccccc1F. The van der Waals surface area contributed by atoms with Crippen LogP contribution < -0.4 is 0 Å². The number of ketones is 1.